The average Bonchev–Trinajstić information content (AvgIpc) is 3.06. The Labute approximate surface area is 349 Å². The molecule has 1 heterocycles. The highest BCUT2D eigenvalue weighted by molar-refractivity contribution is 5.82. The summed E-state index contributed by atoms with van der Waals surface area (Å²) in [7, 11) is 0. The fourth-order valence-electron chi connectivity index (χ4n) is 6.54. The lowest BCUT2D eigenvalue weighted by Crippen LogP contribution is -2.50. The van der Waals surface area contributed by atoms with E-state index in [0.717, 1.165) is 17.5 Å². The van der Waals surface area contributed by atoms with Crippen LogP contribution in [0.15, 0.2) is 24.3 Å². The summed E-state index contributed by atoms with van der Waals surface area (Å²) in [4.78, 5) is 73.0. The van der Waals surface area contributed by atoms with E-state index in [1.807, 2.05) is 108 Å². The molecule has 13 nitrogen and oxygen atoms in total. The third kappa shape index (κ3) is 24.0. The zero-order chi connectivity index (χ0) is 43.7. The molecule has 1 aromatic carbocycles. The standard InChI is InChI=1S/C45H76N4O9/c1-34(2)27-35(3)39(51)33-55-32-37-15-13-36(14-16-37)17-18-38(50)28-46-19-21-47(29-40(52)56-43(4,5)6)23-25-49(31-42(54)58-45(10,11)12)26-24-48(22-20-46)30-41(53)57-44(7,8)9/h13-16,34-35H,17-33H2,1-12H3/t35-/m1/s1. The minimum Gasteiger partial charge on any atom is -0.459 e. The molecular weight excluding hydrogens is 741 g/mol. The number of Topliss-reactive ketones (excluding diaryl/α,β-unsaturated/α-hetero) is 2. The molecule has 1 aromatic rings. The predicted octanol–water partition coefficient (Wildman–Crippen LogP) is 5.20. The predicted molar refractivity (Wildman–Crippen MR) is 226 cm³/mol. The second-order valence-electron chi connectivity index (χ2n) is 19.2. The molecule has 1 atom stereocenters. The summed E-state index contributed by atoms with van der Waals surface area (Å²) in [6, 6.07) is 7.96. The summed E-state index contributed by atoms with van der Waals surface area (Å²) in [5.74, 6) is -0.369. The number of hydrogen-bond donors (Lipinski definition) is 0. The molecule has 0 aliphatic carbocycles. The maximum atomic E-state index is 13.5. The van der Waals surface area contributed by atoms with Crippen molar-refractivity contribution in [3.8, 4) is 0 Å². The minimum atomic E-state index is -0.636. The van der Waals surface area contributed by atoms with Gasteiger partial charge in [0.15, 0.2) is 5.78 Å². The Kier molecular flexibility index (Phi) is 21.2. The number of aryl methyl sites for hydroxylation is 1. The molecule has 0 N–H and O–H groups in total. The van der Waals surface area contributed by atoms with Gasteiger partial charge in [-0.05, 0) is 92.2 Å². The second kappa shape index (κ2) is 24.1. The van der Waals surface area contributed by atoms with Crippen LogP contribution in [0.4, 0.5) is 0 Å². The van der Waals surface area contributed by atoms with Gasteiger partial charge in [-0.1, -0.05) is 45.0 Å². The van der Waals surface area contributed by atoms with Gasteiger partial charge in [-0.3, -0.25) is 43.6 Å². The van der Waals surface area contributed by atoms with Crippen molar-refractivity contribution in [1.82, 2.24) is 19.6 Å². The Morgan fingerprint density at radius 1 is 0.552 bits per heavy atom. The maximum Gasteiger partial charge on any atom is 0.320 e. The molecule has 58 heavy (non-hydrogen) atoms. The van der Waals surface area contributed by atoms with Crippen LogP contribution in [0, 0.1) is 11.8 Å². The van der Waals surface area contributed by atoms with Crippen molar-refractivity contribution >= 4 is 29.5 Å². The zero-order valence-electron chi connectivity index (χ0n) is 37.9. The Morgan fingerprint density at radius 3 is 1.24 bits per heavy atom. The van der Waals surface area contributed by atoms with E-state index in [2.05, 4.69) is 18.7 Å². The number of ether oxygens (including phenoxy) is 4. The molecule has 0 saturated carbocycles. The molecule has 0 bridgehead atoms. The van der Waals surface area contributed by atoms with E-state index in [9.17, 15) is 24.0 Å². The number of carbonyl (C=O) groups is 5. The van der Waals surface area contributed by atoms with Gasteiger partial charge in [-0.15, -0.1) is 0 Å². The lowest BCUT2D eigenvalue weighted by molar-refractivity contribution is -0.158. The molecule has 1 saturated heterocycles. The Hall–Kier alpha value is -3.23. The third-order valence-electron chi connectivity index (χ3n) is 9.25. The number of rotatable bonds is 18. The quantitative estimate of drug-likeness (QED) is 0.142. The lowest BCUT2D eigenvalue weighted by atomic mass is 9.95. The molecule has 0 unspecified atom stereocenters. The molecule has 0 spiro atoms. The van der Waals surface area contributed by atoms with E-state index in [1.54, 1.807) is 0 Å². The summed E-state index contributed by atoms with van der Waals surface area (Å²) in [6.45, 7) is 27.5. The van der Waals surface area contributed by atoms with Crippen LogP contribution in [0.5, 0.6) is 0 Å². The van der Waals surface area contributed by atoms with Gasteiger partial charge in [0.25, 0.3) is 0 Å². The third-order valence-corrected chi connectivity index (χ3v) is 9.25. The number of ketones is 2. The highest BCUT2D eigenvalue weighted by Crippen LogP contribution is 2.15. The highest BCUT2D eigenvalue weighted by atomic mass is 16.6. The first-order valence-corrected chi connectivity index (χ1v) is 21.1. The van der Waals surface area contributed by atoms with E-state index in [-0.39, 0.29) is 68.2 Å². The molecule has 13 heteroatoms. The summed E-state index contributed by atoms with van der Waals surface area (Å²) in [5, 5.41) is 0. The van der Waals surface area contributed by atoms with E-state index >= 15 is 0 Å². The number of benzene rings is 1. The smallest absolute Gasteiger partial charge is 0.320 e. The van der Waals surface area contributed by atoms with Crippen molar-refractivity contribution in [1.29, 1.82) is 0 Å². The Morgan fingerprint density at radius 2 is 0.897 bits per heavy atom. The molecule has 1 fully saturated rings. The fourth-order valence-corrected chi connectivity index (χ4v) is 6.54. The summed E-state index contributed by atoms with van der Waals surface area (Å²) < 4.78 is 22.7. The van der Waals surface area contributed by atoms with Crippen LogP contribution in [0.25, 0.3) is 0 Å². The largest absolute Gasteiger partial charge is 0.459 e. The van der Waals surface area contributed by atoms with E-state index < -0.39 is 16.8 Å². The van der Waals surface area contributed by atoms with E-state index in [4.69, 9.17) is 18.9 Å². The summed E-state index contributed by atoms with van der Waals surface area (Å²) >= 11 is 0. The van der Waals surface area contributed by atoms with Gasteiger partial charge in [0, 0.05) is 64.7 Å². The second-order valence-corrected chi connectivity index (χ2v) is 19.2. The normalized spacial score (nSPS) is 16.9. The Bertz CT molecular complexity index is 1400. The maximum absolute atomic E-state index is 13.5. The van der Waals surface area contributed by atoms with Crippen molar-refractivity contribution in [2.24, 2.45) is 11.8 Å². The van der Waals surface area contributed by atoms with Crippen LogP contribution < -0.4 is 0 Å². The molecule has 1 aliphatic heterocycles. The first kappa shape index (κ1) is 50.9. The number of hydrogen-bond acceptors (Lipinski definition) is 13. The van der Waals surface area contributed by atoms with Crippen LogP contribution in [0.2, 0.25) is 0 Å². The van der Waals surface area contributed by atoms with Crippen LogP contribution in [-0.2, 0) is 55.9 Å². The summed E-state index contributed by atoms with van der Waals surface area (Å²) in [5.41, 5.74) is 0.102. The first-order chi connectivity index (χ1) is 26.9. The monoisotopic (exact) mass is 817 g/mol. The average molecular weight is 817 g/mol. The van der Waals surface area contributed by atoms with Crippen LogP contribution >= 0.6 is 0 Å². The van der Waals surface area contributed by atoms with Gasteiger partial charge >= 0.3 is 17.9 Å². The van der Waals surface area contributed by atoms with E-state index in [0.29, 0.717) is 77.7 Å². The minimum absolute atomic E-state index is 0.0165. The molecule has 0 aromatic heterocycles. The highest BCUT2D eigenvalue weighted by Gasteiger charge is 2.26. The molecule has 1 aliphatic rings. The van der Waals surface area contributed by atoms with Gasteiger partial charge in [0.2, 0.25) is 0 Å². The zero-order valence-corrected chi connectivity index (χ0v) is 37.9. The SMILES string of the molecule is CC(C)C[C@@H](C)C(=O)COCc1ccc(CCC(=O)CN2CCN(CC(=O)OC(C)(C)C)CCN(CC(=O)OC(C)(C)C)CCN(CC(=O)OC(C)(C)C)CC2)cc1. The Balaban J connectivity index is 2.16. The first-order valence-electron chi connectivity index (χ1n) is 21.1. The number of carbonyl (C=O) groups excluding carboxylic acids is 5. The summed E-state index contributed by atoms with van der Waals surface area (Å²) in [6.07, 6.45) is 1.80. The van der Waals surface area contributed by atoms with Gasteiger partial charge in [0.1, 0.15) is 29.2 Å². The molecule has 0 amide bonds. The molecule has 330 valence electrons. The van der Waals surface area contributed by atoms with Crippen molar-refractivity contribution in [2.45, 2.75) is 126 Å². The van der Waals surface area contributed by atoms with Crippen molar-refractivity contribution < 1.29 is 42.9 Å². The van der Waals surface area contributed by atoms with Gasteiger partial charge < -0.3 is 18.9 Å². The van der Waals surface area contributed by atoms with Crippen molar-refractivity contribution in [3.63, 3.8) is 0 Å². The van der Waals surface area contributed by atoms with Crippen molar-refractivity contribution in [2.75, 3.05) is 85.1 Å². The van der Waals surface area contributed by atoms with Crippen molar-refractivity contribution in [3.05, 3.63) is 35.4 Å². The molecule has 2 rings (SSSR count). The fraction of sp³-hybridized carbons (Fsp3) is 0.756. The molecule has 0 radical (unpaired) electrons. The van der Waals surface area contributed by atoms with Gasteiger partial charge in [0.05, 0.1) is 32.8 Å². The van der Waals surface area contributed by atoms with Gasteiger partial charge in [-0.25, -0.2) is 0 Å². The number of nitrogens with zero attached hydrogens (tertiary/aromatic N) is 4. The van der Waals surface area contributed by atoms with Gasteiger partial charge in [-0.2, -0.15) is 0 Å². The van der Waals surface area contributed by atoms with Crippen LogP contribution in [0.3, 0.4) is 0 Å². The van der Waals surface area contributed by atoms with Crippen LogP contribution in [-0.4, -0.2) is 151 Å². The topological polar surface area (TPSA) is 135 Å². The lowest BCUT2D eigenvalue weighted by Gasteiger charge is -2.34. The molecular formula is C45H76N4O9. The van der Waals surface area contributed by atoms with E-state index in [1.165, 1.54) is 0 Å². The number of esters is 3. The van der Waals surface area contributed by atoms with Crippen LogP contribution in [0.1, 0.15) is 107 Å².